The van der Waals surface area contributed by atoms with Gasteiger partial charge in [-0.15, -0.1) is 11.3 Å². The van der Waals surface area contributed by atoms with E-state index in [0.717, 1.165) is 5.56 Å². The Morgan fingerprint density at radius 2 is 1.85 bits per heavy atom. The predicted octanol–water partition coefficient (Wildman–Crippen LogP) is 4.41. The summed E-state index contributed by atoms with van der Waals surface area (Å²) in [7, 11) is 1.67. The van der Waals surface area contributed by atoms with Gasteiger partial charge in [-0.05, 0) is 53.4 Å². The van der Waals surface area contributed by atoms with Crippen LogP contribution < -0.4 is 5.32 Å². The van der Waals surface area contributed by atoms with Crippen molar-refractivity contribution >= 4 is 28.8 Å². The van der Waals surface area contributed by atoms with Gasteiger partial charge in [-0.1, -0.05) is 18.2 Å². The smallest absolute Gasteiger partial charge is 0.265 e. The molecule has 3 rings (SSSR count). The van der Waals surface area contributed by atoms with Gasteiger partial charge in [-0.25, -0.2) is 4.39 Å². The van der Waals surface area contributed by atoms with E-state index < -0.39 is 0 Å². The molecule has 3 aromatic rings. The van der Waals surface area contributed by atoms with Gasteiger partial charge < -0.3 is 10.2 Å². The molecule has 2 amide bonds. The summed E-state index contributed by atoms with van der Waals surface area (Å²) in [5.41, 5.74) is 1.84. The number of anilines is 1. The molecule has 0 atom stereocenters. The van der Waals surface area contributed by atoms with Crippen LogP contribution in [0.25, 0.3) is 0 Å². The second-order valence-electron chi connectivity index (χ2n) is 5.80. The van der Waals surface area contributed by atoms with Crippen LogP contribution in [0, 0.1) is 5.82 Å². The van der Waals surface area contributed by atoms with E-state index in [1.807, 2.05) is 11.4 Å². The Morgan fingerprint density at radius 1 is 1.08 bits per heavy atom. The largest absolute Gasteiger partial charge is 0.337 e. The first kappa shape index (κ1) is 17.8. The zero-order valence-corrected chi connectivity index (χ0v) is 14.9. The number of amides is 2. The van der Waals surface area contributed by atoms with Crippen LogP contribution in [0.5, 0.6) is 0 Å². The zero-order chi connectivity index (χ0) is 18.5. The standard InChI is InChI=1S/C20H17FN2O2S/c1-23(13-14-4-2-5-16(21)12-14)20(25)15-7-9-17(10-8-15)22-19(24)18-6-3-11-26-18/h2-12H,13H2,1H3,(H,22,24). The van der Waals surface area contributed by atoms with Crippen LogP contribution in [0.2, 0.25) is 0 Å². The Kier molecular flexibility index (Phi) is 5.43. The molecule has 1 N–H and O–H groups in total. The van der Waals surface area contributed by atoms with Crippen molar-refractivity contribution < 1.29 is 14.0 Å². The zero-order valence-electron chi connectivity index (χ0n) is 14.1. The average Bonchev–Trinajstić information content (AvgIpc) is 3.16. The van der Waals surface area contributed by atoms with Crippen LogP contribution in [-0.2, 0) is 6.54 Å². The van der Waals surface area contributed by atoms with Crippen molar-refractivity contribution in [3.8, 4) is 0 Å². The van der Waals surface area contributed by atoms with Gasteiger partial charge in [0.2, 0.25) is 0 Å². The fraction of sp³-hybridized carbons (Fsp3) is 0.100. The van der Waals surface area contributed by atoms with Crippen molar-refractivity contribution in [1.82, 2.24) is 4.90 Å². The first-order valence-electron chi connectivity index (χ1n) is 7.98. The minimum atomic E-state index is -0.325. The molecule has 0 aliphatic carbocycles. The number of nitrogens with zero attached hydrogens (tertiary/aromatic N) is 1. The molecule has 0 saturated heterocycles. The topological polar surface area (TPSA) is 49.4 Å². The van der Waals surface area contributed by atoms with E-state index >= 15 is 0 Å². The lowest BCUT2D eigenvalue weighted by atomic mass is 10.1. The number of hydrogen-bond acceptors (Lipinski definition) is 3. The van der Waals surface area contributed by atoms with E-state index in [9.17, 15) is 14.0 Å². The predicted molar refractivity (Wildman–Crippen MR) is 101 cm³/mol. The van der Waals surface area contributed by atoms with Crippen LogP contribution in [0.4, 0.5) is 10.1 Å². The van der Waals surface area contributed by atoms with E-state index in [2.05, 4.69) is 5.32 Å². The molecule has 0 aliphatic rings. The molecule has 0 fully saturated rings. The highest BCUT2D eigenvalue weighted by atomic mass is 32.1. The maximum Gasteiger partial charge on any atom is 0.265 e. The van der Waals surface area contributed by atoms with Crippen molar-refractivity contribution in [2.75, 3.05) is 12.4 Å². The lowest BCUT2D eigenvalue weighted by Crippen LogP contribution is -2.26. The molecule has 0 saturated carbocycles. The first-order valence-corrected chi connectivity index (χ1v) is 8.86. The number of carbonyl (C=O) groups excluding carboxylic acids is 2. The van der Waals surface area contributed by atoms with Crippen molar-refractivity contribution in [2.45, 2.75) is 6.54 Å². The van der Waals surface area contributed by atoms with Gasteiger partial charge in [0.05, 0.1) is 4.88 Å². The molecule has 26 heavy (non-hydrogen) atoms. The maximum atomic E-state index is 13.3. The molecule has 132 valence electrons. The Morgan fingerprint density at radius 3 is 2.50 bits per heavy atom. The monoisotopic (exact) mass is 368 g/mol. The summed E-state index contributed by atoms with van der Waals surface area (Å²) in [6.07, 6.45) is 0. The van der Waals surface area contributed by atoms with Crippen LogP contribution in [0.3, 0.4) is 0 Å². The van der Waals surface area contributed by atoms with Crippen LogP contribution in [0.1, 0.15) is 25.6 Å². The van der Waals surface area contributed by atoms with E-state index in [4.69, 9.17) is 0 Å². The molecule has 1 heterocycles. The summed E-state index contributed by atoms with van der Waals surface area (Å²) < 4.78 is 13.3. The van der Waals surface area contributed by atoms with Gasteiger partial charge in [-0.3, -0.25) is 9.59 Å². The molecular formula is C20H17FN2O2S. The van der Waals surface area contributed by atoms with Gasteiger partial charge in [0, 0.05) is 24.8 Å². The Balaban J connectivity index is 1.63. The lowest BCUT2D eigenvalue weighted by molar-refractivity contribution is 0.0785. The molecule has 1 aromatic heterocycles. The normalized spacial score (nSPS) is 10.4. The second-order valence-corrected chi connectivity index (χ2v) is 6.75. The SMILES string of the molecule is CN(Cc1cccc(F)c1)C(=O)c1ccc(NC(=O)c2cccs2)cc1. The lowest BCUT2D eigenvalue weighted by Gasteiger charge is -2.17. The van der Waals surface area contributed by atoms with Gasteiger partial charge in [0.1, 0.15) is 5.82 Å². The van der Waals surface area contributed by atoms with E-state index in [1.54, 1.807) is 49.5 Å². The Labute approximate surface area is 154 Å². The van der Waals surface area contributed by atoms with Gasteiger partial charge in [0.25, 0.3) is 11.8 Å². The summed E-state index contributed by atoms with van der Waals surface area (Å²) in [5.74, 6) is -0.679. The number of halogens is 1. The Bertz CT molecular complexity index is 908. The fourth-order valence-corrected chi connectivity index (χ4v) is 3.12. The molecule has 6 heteroatoms. The van der Waals surface area contributed by atoms with E-state index in [1.165, 1.54) is 28.4 Å². The van der Waals surface area contributed by atoms with Crippen molar-refractivity contribution in [1.29, 1.82) is 0 Å². The highest BCUT2D eigenvalue weighted by molar-refractivity contribution is 7.12. The van der Waals surface area contributed by atoms with E-state index in [-0.39, 0.29) is 17.6 Å². The van der Waals surface area contributed by atoms with Crippen molar-refractivity contribution in [3.05, 3.63) is 87.9 Å². The molecule has 0 bridgehead atoms. The number of thiophene rings is 1. The number of hydrogen-bond donors (Lipinski definition) is 1. The number of rotatable bonds is 5. The summed E-state index contributed by atoms with van der Waals surface area (Å²) in [5, 5.41) is 4.63. The number of nitrogens with one attached hydrogen (secondary N) is 1. The van der Waals surface area contributed by atoms with Gasteiger partial charge in [-0.2, -0.15) is 0 Å². The molecule has 0 aliphatic heterocycles. The quantitative estimate of drug-likeness (QED) is 0.725. The maximum absolute atomic E-state index is 13.3. The summed E-state index contributed by atoms with van der Waals surface area (Å²) in [6.45, 7) is 0.313. The fourth-order valence-electron chi connectivity index (χ4n) is 2.50. The third-order valence-electron chi connectivity index (χ3n) is 3.79. The second kappa shape index (κ2) is 7.93. The summed E-state index contributed by atoms with van der Waals surface area (Å²) in [6, 6.07) is 16.4. The molecule has 0 spiro atoms. The van der Waals surface area contributed by atoms with Gasteiger partial charge in [0.15, 0.2) is 0 Å². The van der Waals surface area contributed by atoms with Crippen LogP contribution >= 0.6 is 11.3 Å². The highest BCUT2D eigenvalue weighted by Gasteiger charge is 2.13. The molecule has 0 radical (unpaired) electrons. The van der Waals surface area contributed by atoms with Crippen LogP contribution in [-0.4, -0.2) is 23.8 Å². The number of benzene rings is 2. The third-order valence-corrected chi connectivity index (χ3v) is 4.66. The van der Waals surface area contributed by atoms with Crippen molar-refractivity contribution in [3.63, 3.8) is 0 Å². The van der Waals surface area contributed by atoms with Crippen LogP contribution in [0.15, 0.2) is 66.0 Å². The Hall–Kier alpha value is -2.99. The highest BCUT2D eigenvalue weighted by Crippen LogP contribution is 2.16. The number of carbonyl (C=O) groups is 2. The average molecular weight is 368 g/mol. The summed E-state index contributed by atoms with van der Waals surface area (Å²) >= 11 is 1.36. The minimum absolute atomic E-state index is 0.176. The molecule has 2 aromatic carbocycles. The van der Waals surface area contributed by atoms with Crippen molar-refractivity contribution in [2.24, 2.45) is 0 Å². The minimum Gasteiger partial charge on any atom is -0.337 e. The third kappa shape index (κ3) is 4.34. The molecular weight excluding hydrogens is 351 g/mol. The first-order chi connectivity index (χ1) is 12.5. The van der Waals surface area contributed by atoms with Gasteiger partial charge >= 0.3 is 0 Å². The molecule has 4 nitrogen and oxygen atoms in total. The van der Waals surface area contributed by atoms with E-state index in [0.29, 0.717) is 22.7 Å². The molecule has 0 unspecified atom stereocenters. The summed E-state index contributed by atoms with van der Waals surface area (Å²) in [4.78, 5) is 26.7.